The minimum atomic E-state index is -3.50. The average molecular weight is 305 g/mol. The highest BCUT2D eigenvalue weighted by Crippen LogP contribution is 2.27. The maximum atomic E-state index is 11.6. The Kier molecular flexibility index (Phi) is 2.98. The third-order valence-electron chi connectivity index (χ3n) is 2.15. The highest BCUT2D eigenvalue weighted by Gasteiger charge is 2.37. The summed E-state index contributed by atoms with van der Waals surface area (Å²) >= 11 is 3.11. The van der Waals surface area contributed by atoms with Crippen molar-refractivity contribution in [3.05, 3.63) is 28.5 Å². The SMILES string of the molecule is O=C(NS(=O)(=O)C1CC1)c1cccc(Br)n1. The van der Waals surface area contributed by atoms with Crippen LogP contribution >= 0.6 is 15.9 Å². The molecule has 1 N–H and O–H groups in total. The molecular formula is C9H9BrN2O3S. The Morgan fingerprint density at radius 1 is 1.44 bits per heavy atom. The van der Waals surface area contributed by atoms with Crippen LogP contribution in [0.5, 0.6) is 0 Å². The number of hydrogen-bond donors (Lipinski definition) is 1. The number of hydrogen-bond acceptors (Lipinski definition) is 4. The summed E-state index contributed by atoms with van der Waals surface area (Å²) in [5.41, 5.74) is 0.0820. The molecule has 1 aromatic rings. The molecule has 1 heterocycles. The molecule has 0 saturated heterocycles. The first-order chi connectivity index (χ1) is 7.49. The van der Waals surface area contributed by atoms with Crippen LogP contribution in [0.2, 0.25) is 0 Å². The molecule has 5 nitrogen and oxygen atoms in total. The van der Waals surface area contributed by atoms with E-state index in [0.29, 0.717) is 17.4 Å². The van der Waals surface area contributed by atoms with Gasteiger partial charge in [0.1, 0.15) is 10.3 Å². The highest BCUT2D eigenvalue weighted by molar-refractivity contribution is 9.10. The Bertz CT molecular complexity index is 525. The number of carbonyl (C=O) groups is 1. The molecule has 1 aliphatic rings. The molecule has 1 saturated carbocycles. The second-order valence-electron chi connectivity index (χ2n) is 3.52. The first kappa shape index (κ1) is 11.5. The zero-order chi connectivity index (χ0) is 11.8. The van der Waals surface area contributed by atoms with Gasteiger partial charge in [0.15, 0.2) is 0 Å². The van der Waals surface area contributed by atoms with Crippen LogP contribution in [-0.2, 0) is 10.0 Å². The standard InChI is InChI=1S/C9H9BrN2O3S/c10-8-3-1-2-7(11-8)9(13)12-16(14,15)6-4-5-6/h1-3,6H,4-5H2,(H,12,13). The van der Waals surface area contributed by atoms with E-state index >= 15 is 0 Å². The number of carbonyl (C=O) groups excluding carboxylic acids is 1. The summed E-state index contributed by atoms with van der Waals surface area (Å²) in [7, 11) is -3.50. The van der Waals surface area contributed by atoms with E-state index in [1.54, 1.807) is 12.1 Å². The number of nitrogens with zero attached hydrogens (tertiary/aromatic N) is 1. The molecule has 7 heteroatoms. The number of halogens is 1. The third kappa shape index (κ3) is 2.59. The fourth-order valence-corrected chi connectivity index (χ4v) is 2.81. The van der Waals surface area contributed by atoms with Crippen molar-refractivity contribution in [2.45, 2.75) is 18.1 Å². The Labute approximate surface area is 101 Å². The van der Waals surface area contributed by atoms with E-state index in [0.717, 1.165) is 0 Å². The van der Waals surface area contributed by atoms with Crippen molar-refractivity contribution >= 4 is 31.9 Å². The van der Waals surface area contributed by atoms with Crippen LogP contribution in [0.25, 0.3) is 0 Å². The molecule has 1 amide bonds. The Morgan fingerprint density at radius 3 is 2.69 bits per heavy atom. The second-order valence-corrected chi connectivity index (χ2v) is 6.29. The van der Waals surface area contributed by atoms with E-state index in [9.17, 15) is 13.2 Å². The third-order valence-corrected chi connectivity index (χ3v) is 4.41. The lowest BCUT2D eigenvalue weighted by atomic mass is 10.3. The van der Waals surface area contributed by atoms with E-state index in [1.807, 2.05) is 4.72 Å². The maximum absolute atomic E-state index is 11.6. The van der Waals surface area contributed by atoms with E-state index in [-0.39, 0.29) is 5.69 Å². The van der Waals surface area contributed by atoms with Gasteiger partial charge in [0.2, 0.25) is 10.0 Å². The van der Waals surface area contributed by atoms with Gasteiger partial charge < -0.3 is 0 Å². The lowest BCUT2D eigenvalue weighted by Gasteiger charge is -2.04. The average Bonchev–Trinajstić information content (AvgIpc) is 3.00. The predicted octanol–water partition coefficient (Wildman–Crippen LogP) is 1.07. The van der Waals surface area contributed by atoms with Crippen molar-refractivity contribution in [1.82, 2.24) is 9.71 Å². The Balaban J connectivity index is 2.14. The Morgan fingerprint density at radius 2 is 2.12 bits per heavy atom. The molecule has 1 fully saturated rings. The quantitative estimate of drug-likeness (QED) is 0.847. The van der Waals surface area contributed by atoms with Gasteiger partial charge in [0.25, 0.3) is 5.91 Å². The summed E-state index contributed by atoms with van der Waals surface area (Å²) in [6.07, 6.45) is 1.24. The van der Waals surface area contributed by atoms with Gasteiger partial charge in [-0.3, -0.25) is 4.79 Å². The van der Waals surface area contributed by atoms with Crippen LogP contribution in [0.15, 0.2) is 22.8 Å². The molecule has 0 spiro atoms. The molecule has 1 aromatic heterocycles. The van der Waals surface area contributed by atoms with Gasteiger partial charge in [-0.25, -0.2) is 18.1 Å². The number of pyridine rings is 1. The highest BCUT2D eigenvalue weighted by atomic mass is 79.9. The molecule has 0 bridgehead atoms. The summed E-state index contributed by atoms with van der Waals surface area (Å²) in [5.74, 6) is -0.687. The summed E-state index contributed by atoms with van der Waals surface area (Å²) in [6, 6.07) is 4.74. The fraction of sp³-hybridized carbons (Fsp3) is 0.333. The van der Waals surface area contributed by atoms with E-state index < -0.39 is 21.2 Å². The molecule has 0 unspecified atom stereocenters. The van der Waals surface area contributed by atoms with Gasteiger partial charge >= 0.3 is 0 Å². The largest absolute Gasteiger partial charge is 0.283 e. The molecule has 1 aliphatic carbocycles. The van der Waals surface area contributed by atoms with Crippen LogP contribution in [0.4, 0.5) is 0 Å². The molecule has 0 atom stereocenters. The second kappa shape index (κ2) is 4.14. The molecule has 0 radical (unpaired) electrons. The van der Waals surface area contributed by atoms with Crippen molar-refractivity contribution in [1.29, 1.82) is 0 Å². The fourth-order valence-electron chi connectivity index (χ4n) is 1.18. The molecule has 16 heavy (non-hydrogen) atoms. The van der Waals surface area contributed by atoms with Crippen LogP contribution < -0.4 is 4.72 Å². The monoisotopic (exact) mass is 304 g/mol. The zero-order valence-electron chi connectivity index (χ0n) is 8.18. The van der Waals surface area contributed by atoms with E-state index in [2.05, 4.69) is 20.9 Å². The molecule has 0 aromatic carbocycles. The number of rotatable bonds is 3. The van der Waals surface area contributed by atoms with Crippen LogP contribution in [0, 0.1) is 0 Å². The van der Waals surface area contributed by atoms with Gasteiger partial charge in [0, 0.05) is 0 Å². The molecule has 2 rings (SSSR count). The van der Waals surface area contributed by atoms with Crippen molar-refractivity contribution in [2.75, 3.05) is 0 Å². The predicted molar refractivity (Wildman–Crippen MR) is 61.3 cm³/mol. The molecular weight excluding hydrogens is 296 g/mol. The van der Waals surface area contributed by atoms with Gasteiger partial charge in [-0.15, -0.1) is 0 Å². The lowest BCUT2D eigenvalue weighted by molar-refractivity contribution is 0.0976. The van der Waals surface area contributed by atoms with Crippen LogP contribution in [0.1, 0.15) is 23.3 Å². The first-order valence-corrected chi connectivity index (χ1v) is 7.01. The van der Waals surface area contributed by atoms with Crippen molar-refractivity contribution in [3.8, 4) is 0 Å². The summed E-state index contributed by atoms with van der Waals surface area (Å²) in [6.45, 7) is 0. The first-order valence-electron chi connectivity index (χ1n) is 4.67. The summed E-state index contributed by atoms with van der Waals surface area (Å²) in [4.78, 5) is 15.4. The summed E-state index contributed by atoms with van der Waals surface area (Å²) < 4.78 is 25.5. The Hall–Kier alpha value is -0.950. The smallest absolute Gasteiger partial charge is 0.266 e. The van der Waals surface area contributed by atoms with E-state index in [1.165, 1.54) is 6.07 Å². The number of sulfonamides is 1. The van der Waals surface area contributed by atoms with E-state index in [4.69, 9.17) is 0 Å². The zero-order valence-corrected chi connectivity index (χ0v) is 10.6. The van der Waals surface area contributed by atoms with Crippen LogP contribution in [-0.4, -0.2) is 24.6 Å². The van der Waals surface area contributed by atoms with Crippen molar-refractivity contribution in [3.63, 3.8) is 0 Å². The number of aromatic nitrogens is 1. The normalized spacial score (nSPS) is 15.8. The lowest BCUT2D eigenvalue weighted by Crippen LogP contribution is -2.33. The molecule has 0 aliphatic heterocycles. The van der Waals surface area contributed by atoms with Crippen molar-refractivity contribution in [2.24, 2.45) is 0 Å². The van der Waals surface area contributed by atoms with Crippen LogP contribution in [0.3, 0.4) is 0 Å². The molecule has 86 valence electrons. The minimum absolute atomic E-state index is 0.0820. The maximum Gasteiger partial charge on any atom is 0.283 e. The van der Waals surface area contributed by atoms with Gasteiger partial charge in [-0.2, -0.15) is 0 Å². The number of nitrogens with one attached hydrogen (secondary N) is 1. The number of amides is 1. The minimum Gasteiger partial charge on any atom is -0.266 e. The topological polar surface area (TPSA) is 76.1 Å². The van der Waals surface area contributed by atoms with Gasteiger partial charge in [0.05, 0.1) is 5.25 Å². The summed E-state index contributed by atoms with van der Waals surface area (Å²) in [5, 5.41) is -0.413. The van der Waals surface area contributed by atoms with Crippen molar-refractivity contribution < 1.29 is 13.2 Å². The van der Waals surface area contributed by atoms with Gasteiger partial charge in [-0.05, 0) is 40.9 Å². The van der Waals surface area contributed by atoms with Gasteiger partial charge in [-0.1, -0.05) is 6.07 Å².